The number of aryl methyl sites for hydroxylation is 1. The topological polar surface area (TPSA) is 62.3 Å². The van der Waals surface area contributed by atoms with Gasteiger partial charge in [-0.25, -0.2) is 0 Å². The molecule has 0 bridgehead atoms. The SMILES string of the molecule is Cc1cccc(N(C(=O)Cc2cccs2)[C@H](C(=O)NC2CCCC2)c2ccncc2)c1. The van der Waals surface area contributed by atoms with E-state index in [0.717, 1.165) is 47.4 Å². The lowest BCUT2D eigenvalue weighted by Gasteiger charge is -2.32. The molecule has 160 valence electrons. The third kappa shape index (κ3) is 5.20. The lowest BCUT2D eigenvalue weighted by atomic mass is 10.0. The number of nitrogens with zero attached hydrogens (tertiary/aromatic N) is 2. The Balaban J connectivity index is 1.74. The highest BCUT2D eigenvalue weighted by molar-refractivity contribution is 7.10. The quantitative estimate of drug-likeness (QED) is 0.581. The molecule has 0 saturated heterocycles. The third-order valence-electron chi connectivity index (χ3n) is 5.68. The molecule has 31 heavy (non-hydrogen) atoms. The fourth-order valence-corrected chi connectivity index (χ4v) is 4.87. The maximum atomic E-state index is 13.6. The number of aromatic nitrogens is 1. The monoisotopic (exact) mass is 433 g/mol. The van der Waals surface area contributed by atoms with E-state index < -0.39 is 6.04 Å². The molecule has 1 atom stereocenters. The van der Waals surface area contributed by atoms with Crippen molar-refractivity contribution in [2.24, 2.45) is 0 Å². The first-order valence-corrected chi connectivity index (χ1v) is 11.6. The van der Waals surface area contributed by atoms with E-state index in [1.165, 1.54) is 0 Å². The first kappa shape index (κ1) is 21.2. The summed E-state index contributed by atoms with van der Waals surface area (Å²) in [6, 6.07) is 14.7. The third-order valence-corrected chi connectivity index (χ3v) is 6.56. The van der Waals surface area contributed by atoms with Crippen LogP contribution in [-0.4, -0.2) is 22.8 Å². The first-order chi connectivity index (χ1) is 15.1. The van der Waals surface area contributed by atoms with Crippen molar-refractivity contribution in [1.82, 2.24) is 10.3 Å². The molecule has 6 heteroatoms. The summed E-state index contributed by atoms with van der Waals surface area (Å²) >= 11 is 1.55. The predicted molar refractivity (Wildman–Crippen MR) is 124 cm³/mol. The summed E-state index contributed by atoms with van der Waals surface area (Å²) in [6.45, 7) is 1.99. The van der Waals surface area contributed by atoms with E-state index in [-0.39, 0.29) is 24.3 Å². The molecule has 1 fully saturated rings. The Labute approximate surface area is 187 Å². The smallest absolute Gasteiger partial charge is 0.248 e. The van der Waals surface area contributed by atoms with E-state index in [2.05, 4.69) is 10.3 Å². The molecule has 0 radical (unpaired) electrons. The van der Waals surface area contributed by atoms with Gasteiger partial charge in [-0.3, -0.25) is 19.5 Å². The van der Waals surface area contributed by atoms with E-state index in [1.54, 1.807) is 28.6 Å². The maximum Gasteiger partial charge on any atom is 0.248 e. The van der Waals surface area contributed by atoms with Crippen LogP contribution in [0.1, 0.15) is 47.7 Å². The van der Waals surface area contributed by atoms with Crippen LogP contribution in [-0.2, 0) is 16.0 Å². The number of hydrogen-bond donors (Lipinski definition) is 1. The highest BCUT2D eigenvalue weighted by Crippen LogP contribution is 2.30. The molecule has 4 rings (SSSR count). The van der Waals surface area contributed by atoms with Gasteiger partial charge >= 0.3 is 0 Å². The molecule has 0 spiro atoms. The average molecular weight is 434 g/mol. The molecular formula is C25H27N3O2S. The van der Waals surface area contributed by atoms with Gasteiger partial charge in [0.2, 0.25) is 11.8 Å². The van der Waals surface area contributed by atoms with Crippen LogP contribution in [0.5, 0.6) is 0 Å². The van der Waals surface area contributed by atoms with Gasteiger partial charge in [0.1, 0.15) is 6.04 Å². The van der Waals surface area contributed by atoms with Gasteiger partial charge in [-0.2, -0.15) is 0 Å². The summed E-state index contributed by atoms with van der Waals surface area (Å²) < 4.78 is 0. The van der Waals surface area contributed by atoms with Crippen LogP contribution < -0.4 is 10.2 Å². The van der Waals surface area contributed by atoms with Crippen molar-refractivity contribution in [3.8, 4) is 0 Å². The van der Waals surface area contributed by atoms with Crippen molar-refractivity contribution >= 4 is 28.8 Å². The van der Waals surface area contributed by atoms with Crippen molar-refractivity contribution in [3.05, 3.63) is 82.3 Å². The van der Waals surface area contributed by atoms with Gasteiger partial charge in [-0.15, -0.1) is 11.3 Å². The van der Waals surface area contributed by atoms with Gasteiger partial charge in [-0.05, 0) is 66.6 Å². The Morgan fingerprint density at radius 2 is 1.90 bits per heavy atom. The van der Waals surface area contributed by atoms with Crippen molar-refractivity contribution in [3.63, 3.8) is 0 Å². The van der Waals surface area contributed by atoms with Gasteiger partial charge in [0, 0.05) is 29.0 Å². The Bertz CT molecular complexity index is 1010. The summed E-state index contributed by atoms with van der Waals surface area (Å²) in [6.07, 6.45) is 7.83. The Morgan fingerprint density at radius 1 is 1.13 bits per heavy atom. The van der Waals surface area contributed by atoms with E-state index >= 15 is 0 Å². The van der Waals surface area contributed by atoms with E-state index in [4.69, 9.17) is 0 Å². The molecular weight excluding hydrogens is 406 g/mol. The number of nitrogens with one attached hydrogen (secondary N) is 1. The second kappa shape index (κ2) is 9.88. The van der Waals surface area contributed by atoms with Crippen molar-refractivity contribution < 1.29 is 9.59 Å². The number of anilines is 1. The van der Waals surface area contributed by atoms with Crippen LogP contribution >= 0.6 is 11.3 Å². The summed E-state index contributed by atoms with van der Waals surface area (Å²) in [5.41, 5.74) is 2.52. The van der Waals surface area contributed by atoms with Crippen molar-refractivity contribution in [2.75, 3.05) is 4.90 Å². The van der Waals surface area contributed by atoms with Crippen LogP contribution in [0.15, 0.2) is 66.3 Å². The van der Waals surface area contributed by atoms with Crippen LogP contribution in [0.4, 0.5) is 5.69 Å². The second-order valence-corrected chi connectivity index (χ2v) is 9.06. The number of carbonyl (C=O) groups is 2. The van der Waals surface area contributed by atoms with Crippen LogP contribution in [0, 0.1) is 6.92 Å². The second-order valence-electron chi connectivity index (χ2n) is 8.03. The molecule has 2 aromatic heterocycles. The fourth-order valence-electron chi connectivity index (χ4n) is 4.18. The molecule has 0 unspecified atom stereocenters. The average Bonchev–Trinajstić information content (AvgIpc) is 3.46. The number of amides is 2. The normalized spacial score (nSPS) is 14.9. The Hall–Kier alpha value is -2.99. The van der Waals surface area contributed by atoms with Gasteiger partial charge < -0.3 is 5.32 Å². The zero-order valence-electron chi connectivity index (χ0n) is 17.7. The number of thiophene rings is 1. The highest BCUT2D eigenvalue weighted by Gasteiger charge is 2.34. The predicted octanol–water partition coefficient (Wildman–Crippen LogP) is 4.83. The van der Waals surface area contributed by atoms with Gasteiger partial charge in [-0.1, -0.05) is 31.0 Å². The number of hydrogen-bond acceptors (Lipinski definition) is 4. The molecule has 0 aliphatic heterocycles. The molecule has 3 aromatic rings. The van der Waals surface area contributed by atoms with Crippen LogP contribution in [0.2, 0.25) is 0 Å². The summed E-state index contributed by atoms with van der Waals surface area (Å²) in [5.74, 6) is -0.240. The molecule has 2 heterocycles. The minimum atomic E-state index is -0.752. The van der Waals surface area contributed by atoms with E-state index in [0.29, 0.717) is 0 Å². The van der Waals surface area contributed by atoms with Gasteiger partial charge in [0.15, 0.2) is 0 Å². The number of pyridine rings is 1. The lowest BCUT2D eigenvalue weighted by molar-refractivity contribution is -0.127. The van der Waals surface area contributed by atoms with Crippen molar-refractivity contribution in [2.45, 2.75) is 51.1 Å². The molecule has 1 aliphatic rings. The minimum absolute atomic E-state index is 0.101. The molecule has 1 N–H and O–H groups in total. The zero-order chi connectivity index (χ0) is 21.6. The van der Waals surface area contributed by atoms with E-state index in [9.17, 15) is 9.59 Å². The van der Waals surface area contributed by atoms with Gasteiger partial charge in [0.25, 0.3) is 0 Å². The highest BCUT2D eigenvalue weighted by atomic mass is 32.1. The molecule has 5 nitrogen and oxygen atoms in total. The Kier molecular flexibility index (Phi) is 6.77. The van der Waals surface area contributed by atoms with Gasteiger partial charge in [0.05, 0.1) is 6.42 Å². The summed E-state index contributed by atoms with van der Waals surface area (Å²) in [5, 5.41) is 5.17. The van der Waals surface area contributed by atoms with Crippen molar-refractivity contribution in [1.29, 1.82) is 0 Å². The van der Waals surface area contributed by atoms with Crippen LogP contribution in [0.3, 0.4) is 0 Å². The lowest BCUT2D eigenvalue weighted by Crippen LogP contribution is -2.46. The number of carbonyl (C=O) groups excluding carboxylic acids is 2. The largest absolute Gasteiger partial charge is 0.351 e. The number of benzene rings is 1. The van der Waals surface area contributed by atoms with E-state index in [1.807, 2.05) is 60.8 Å². The zero-order valence-corrected chi connectivity index (χ0v) is 18.5. The fraction of sp³-hybridized carbons (Fsp3) is 0.320. The minimum Gasteiger partial charge on any atom is -0.351 e. The standard InChI is InChI=1S/C25H27N3O2S/c1-18-6-4-9-21(16-18)28(23(29)17-22-10-5-15-31-22)24(19-11-13-26-14-12-19)25(30)27-20-7-2-3-8-20/h4-6,9-16,20,24H,2-3,7-8,17H2,1H3,(H,27,30)/t24-/m0/s1. The molecule has 1 aliphatic carbocycles. The van der Waals surface area contributed by atoms with Crippen LogP contribution in [0.25, 0.3) is 0 Å². The molecule has 1 aromatic carbocycles. The molecule has 1 saturated carbocycles. The maximum absolute atomic E-state index is 13.6. The first-order valence-electron chi connectivity index (χ1n) is 10.7. The Morgan fingerprint density at radius 3 is 2.58 bits per heavy atom. The summed E-state index contributed by atoms with van der Waals surface area (Å²) in [4.78, 5) is 33.9. The number of rotatable bonds is 7. The molecule has 2 amide bonds. The summed E-state index contributed by atoms with van der Waals surface area (Å²) in [7, 11) is 0.